The van der Waals surface area contributed by atoms with Crippen LogP contribution in [-0.2, 0) is 69.5 Å². The van der Waals surface area contributed by atoms with E-state index in [9.17, 15) is 38.8 Å². The first kappa shape index (κ1) is 120. The molecule has 3 radical (unpaired) electrons. The third-order valence-electron chi connectivity index (χ3n) is 17.9. The Morgan fingerprint density at radius 1 is 0.302 bits per heavy atom. The summed E-state index contributed by atoms with van der Waals surface area (Å²) in [5.74, 6) is 4.85. The molecule has 0 bridgehead atoms. The maximum atomic E-state index is 9.67. The van der Waals surface area contributed by atoms with Crippen LogP contribution in [0.15, 0.2) is 243 Å². The SMILES string of the molecule is CCCCc1ccc2ccc3ccc(CCCC)nc3c2n1.C[CH+]C.C[CH+]C.C[CH+]C.Cc1ccc2ccc3ccc(C)nc3c2n1.Cc1ccc2ccc3ccc(C)nc3c2n1.FB(F)F.FB(F)F.FB(F)F.[CH2-]c1cccc2c1Oc1c([CH2-])cccc1C2(C)C.[CH2-]c1ccccc1Oc1ccccc1[CH2-].[CH2-]c1ccccc1Oc1ccccc1[CH2-].[Cu+2].[Cu+2].[Cu+2].[F-].[F-].[F-]. The van der Waals surface area contributed by atoms with Crippen molar-refractivity contribution in [1.82, 2.24) is 29.9 Å². The number of rotatable bonds is 10. The van der Waals surface area contributed by atoms with Gasteiger partial charge in [-0.2, -0.15) is 111 Å². The number of para-hydroxylation sites is 6. The molecule has 9 aromatic carbocycles. The average Bonchev–Trinajstić information content (AvgIpc) is 0.771. The summed E-state index contributed by atoms with van der Waals surface area (Å²) >= 11 is 0. The minimum Gasteiger partial charge on any atom is -1.00 e. The van der Waals surface area contributed by atoms with Gasteiger partial charge in [0.25, 0.3) is 0 Å². The van der Waals surface area contributed by atoms with Crippen LogP contribution in [0.1, 0.15) is 174 Å². The normalized spacial score (nSPS) is 10.1. The second-order valence-electron chi connectivity index (χ2n) is 28.7. The standard InChI is InChI=1S/C20H24N2.C17H16O.2C14H12N2.2C14H12O.3C3H7.3BF3.3Cu.3FH/c1-3-5-7-17-13-11-15-9-10-16-12-14-18(8-6-4-2)22-20(16)19(15)21-17;1-11-7-5-9-13-15(11)18-16-12(2)8-6-10-14(16)17(13,3)4;2*1-9-3-5-11-7-8-12-6-4-10(2)16-14(12)13(11)15-9;2*1-11-7-3-5-9-13(11)15-14-10-6-4-8-12(14)2;3*1-3-2;3*2-1(3)4;;;;;;/h9-14H,3-8H2,1-2H3;5-10H,1-2H2,3-4H3;2*3-8H,1-2H3;2*3-10H,1-2H2;3*3H,1-2H3;;;;;;;3*1H/q;-2;;;2*-2;3*+1;;;;3*+2;;;/p-3. The van der Waals surface area contributed by atoms with Gasteiger partial charge in [-0.25, -0.2) is 0 Å². The first-order valence-corrected chi connectivity index (χ1v) is 40.3. The van der Waals surface area contributed by atoms with Crippen LogP contribution < -0.4 is 28.3 Å². The summed E-state index contributed by atoms with van der Waals surface area (Å²) in [6.07, 6.45) is 12.9. The van der Waals surface area contributed by atoms with Crippen molar-refractivity contribution < 1.29 is 118 Å². The number of hydrogen-bond acceptors (Lipinski definition) is 9. The molecule has 0 spiro atoms. The maximum absolute atomic E-state index is 9.67. The molecule has 7 heterocycles. The first-order valence-electron chi connectivity index (χ1n) is 40.3. The Labute approximate surface area is 788 Å². The quantitative estimate of drug-likeness (QED) is 0.0573. The van der Waals surface area contributed by atoms with E-state index < -0.39 is 22.6 Å². The van der Waals surface area contributed by atoms with Crippen molar-refractivity contribution in [3.05, 3.63) is 382 Å². The number of pyridine rings is 6. The van der Waals surface area contributed by atoms with Crippen LogP contribution in [0.4, 0.5) is 38.8 Å². The van der Waals surface area contributed by atoms with Crippen LogP contribution in [0.2, 0.25) is 0 Å². The third kappa shape index (κ3) is 39.2. The Morgan fingerprint density at radius 3 is 0.713 bits per heavy atom. The Bertz CT molecular complexity index is 5190. The minimum absolute atomic E-state index is 0. The summed E-state index contributed by atoms with van der Waals surface area (Å²) in [5, 5.41) is 6.97. The molecule has 6 aromatic heterocycles. The summed E-state index contributed by atoms with van der Waals surface area (Å²) in [6, 6.07) is 80.9. The number of aromatic nitrogens is 6. The molecule has 0 saturated heterocycles. The molecule has 0 amide bonds. The molecule has 1 aliphatic rings. The Morgan fingerprint density at radius 2 is 0.496 bits per heavy atom. The second kappa shape index (κ2) is 62.7. The van der Waals surface area contributed by atoms with E-state index in [4.69, 9.17) is 24.2 Å². The molecule has 15 aromatic rings. The van der Waals surface area contributed by atoms with Gasteiger partial charge in [0.2, 0.25) is 0 Å². The average molecular weight is 1920 g/mol. The Kier molecular flexibility index (Phi) is 58.2. The van der Waals surface area contributed by atoms with Gasteiger partial charge in [0.1, 0.15) is 0 Å². The zero-order valence-corrected chi connectivity index (χ0v) is 77.7. The van der Waals surface area contributed by atoms with Crippen molar-refractivity contribution in [3.63, 3.8) is 0 Å². The van der Waals surface area contributed by atoms with Crippen LogP contribution in [0.5, 0.6) is 34.5 Å². The monoisotopic (exact) mass is 1920 g/mol. The predicted octanol–water partition coefficient (Wildman–Crippen LogP) is 21.8. The van der Waals surface area contributed by atoms with Gasteiger partial charge in [-0.05, 0) is 95.2 Å². The number of aryl methyl sites for hydroxylation is 6. The van der Waals surface area contributed by atoms with E-state index in [-0.39, 0.29) is 70.7 Å². The van der Waals surface area contributed by atoms with Crippen molar-refractivity contribution in [2.75, 3.05) is 0 Å². The van der Waals surface area contributed by atoms with Crippen molar-refractivity contribution in [2.24, 2.45) is 0 Å². The van der Waals surface area contributed by atoms with Gasteiger partial charge in [0.15, 0.2) is 0 Å². The van der Waals surface area contributed by atoms with Crippen molar-refractivity contribution in [1.29, 1.82) is 0 Å². The summed E-state index contributed by atoms with van der Waals surface area (Å²) in [4.78, 5) is 28.1. The van der Waals surface area contributed by atoms with E-state index in [1.54, 1.807) is 0 Å². The van der Waals surface area contributed by atoms with Crippen LogP contribution in [0, 0.1) is 88.5 Å². The molecule has 0 aliphatic carbocycles. The summed E-state index contributed by atoms with van der Waals surface area (Å²) in [5.41, 5.74) is 20.3. The number of benzene rings is 9. The molecule has 27 heteroatoms. The summed E-state index contributed by atoms with van der Waals surface area (Å²) in [6.45, 7) is 52.6. The van der Waals surface area contributed by atoms with E-state index >= 15 is 0 Å². The maximum Gasteiger partial charge on any atom is 2.00 e. The predicted molar refractivity (Wildman–Crippen MR) is 499 cm³/mol. The van der Waals surface area contributed by atoms with E-state index in [0.29, 0.717) is 0 Å². The molecule has 1 aliphatic heterocycles. The summed E-state index contributed by atoms with van der Waals surface area (Å²) < 4.78 is 104. The fraction of sp³-hybridized carbons (Fsp3) is 0.206. The smallest absolute Gasteiger partial charge is 1.00 e. The van der Waals surface area contributed by atoms with E-state index in [1.165, 1.54) is 59.0 Å². The van der Waals surface area contributed by atoms with Gasteiger partial charge in [-0.15, -0.1) is 36.4 Å². The molecule has 691 valence electrons. The molecular formula is C102H109B3Cu3F12N6O3. The van der Waals surface area contributed by atoms with Gasteiger partial charge in [-0.3, -0.25) is 68.7 Å². The number of halogens is 12. The van der Waals surface area contributed by atoms with Crippen LogP contribution >= 0.6 is 0 Å². The molecule has 129 heavy (non-hydrogen) atoms. The van der Waals surface area contributed by atoms with Gasteiger partial charge in [0.05, 0.1) is 93.9 Å². The molecule has 0 fully saturated rings. The van der Waals surface area contributed by atoms with Gasteiger partial charge >= 0.3 is 73.8 Å². The van der Waals surface area contributed by atoms with Crippen molar-refractivity contribution >= 4 is 88.0 Å². The van der Waals surface area contributed by atoms with Crippen LogP contribution in [0.3, 0.4) is 0 Å². The number of hydrogen-bond donors (Lipinski definition) is 0. The van der Waals surface area contributed by atoms with Gasteiger partial charge in [-0.1, -0.05) is 185 Å². The molecule has 0 atom stereocenters. The Balaban J connectivity index is 0. The van der Waals surface area contributed by atoms with E-state index in [2.05, 4.69) is 186 Å². The molecular weight excluding hydrogens is 1810 g/mol. The number of unbranched alkanes of at least 4 members (excludes halogenated alkanes) is 2. The van der Waals surface area contributed by atoms with Crippen molar-refractivity contribution in [2.45, 2.75) is 141 Å². The molecule has 0 unspecified atom stereocenters. The fourth-order valence-electron chi connectivity index (χ4n) is 12.1. The second-order valence-corrected chi connectivity index (χ2v) is 28.7. The minimum atomic E-state index is -3.67. The largest absolute Gasteiger partial charge is 2.00 e. The number of nitrogens with zero attached hydrogens (tertiary/aromatic N) is 6. The zero-order chi connectivity index (χ0) is 90.7. The topological polar surface area (TPSA) is 105 Å². The van der Waals surface area contributed by atoms with Gasteiger partial charge < -0.3 is 28.3 Å². The van der Waals surface area contributed by atoms with E-state index in [1.807, 2.05) is 234 Å². The molecule has 0 N–H and O–H groups in total. The van der Waals surface area contributed by atoms with E-state index in [0.717, 1.165) is 158 Å². The third-order valence-corrected chi connectivity index (χ3v) is 17.9. The number of ether oxygens (including phenoxy) is 3. The summed E-state index contributed by atoms with van der Waals surface area (Å²) in [7, 11) is -11.0. The molecule has 16 rings (SSSR count). The van der Waals surface area contributed by atoms with Crippen LogP contribution in [-0.4, -0.2) is 52.5 Å². The molecule has 0 saturated carbocycles. The number of fused-ring (bicyclic) bond motifs is 11. The van der Waals surface area contributed by atoms with Crippen molar-refractivity contribution in [3.8, 4) is 34.5 Å². The van der Waals surface area contributed by atoms with Crippen LogP contribution in [0.25, 0.3) is 65.4 Å². The fourth-order valence-corrected chi connectivity index (χ4v) is 12.1. The Hall–Kier alpha value is -11.4. The van der Waals surface area contributed by atoms with Gasteiger partial charge in [0, 0.05) is 101 Å². The molecule has 9 nitrogen and oxygen atoms in total. The zero-order valence-electron chi connectivity index (χ0n) is 74.9. The first-order chi connectivity index (χ1) is 58.8.